The van der Waals surface area contributed by atoms with Gasteiger partial charge in [-0.1, -0.05) is 17.7 Å². The van der Waals surface area contributed by atoms with Crippen LogP contribution in [0.15, 0.2) is 34.8 Å². The second kappa shape index (κ2) is 6.17. The van der Waals surface area contributed by atoms with Crippen molar-refractivity contribution in [1.82, 2.24) is 0 Å². The van der Waals surface area contributed by atoms with E-state index in [1.807, 2.05) is 38.1 Å². The fraction of sp³-hybridized carbons (Fsp3) is 0.250. The van der Waals surface area contributed by atoms with E-state index in [1.54, 1.807) is 13.2 Å². The van der Waals surface area contributed by atoms with Crippen LogP contribution in [0, 0.1) is 13.8 Å². The smallest absolute Gasteiger partial charge is 0.124 e. The molecule has 1 atom stereocenters. The van der Waals surface area contributed by atoms with Crippen molar-refractivity contribution in [1.29, 1.82) is 0 Å². The highest BCUT2D eigenvalue weighted by Gasteiger charge is 2.15. The summed E-state index contributed by atoms with van der Waals surface area (Å²) in [6.07, 6.45) is -0.688. The third kappa shape index (κ3) is 3.00. The SMILES string of the molecule is COc1c(C)cc(C(O)c2ccc(Cl)c(Br)c2)cc1C. The Morgan fingerprint density at radius 1 is 1.10 bits per heavy atom. The molecule has 106 valence electrons. The van der Waals surface area contributed by atoms with Crippen LogP contribution in [0.3, 0.4) is 0 Å². The van der Waals surface area contributed by atoms with Crippen molar-refractivity contribution in [3.05, 3.63) is 62.1 Å². The number of ether oxygens (including phenoxy) is 1. The molecule has 0 aliphatic rings. The lowest BCUT2D eigenvalue weighted by atomic mass is 9.97. The molecule has 0 amide bonds. The molecule has 0 fully saturated rings. The van der Waals surface area contributed by atoms with Gasteiger partial charge in [-0.2, -0.15) is 0 Å². The molecule has 2 aromatic rings. The van der Waals surface area contributed by atoms with Gasteiger partial charge in [-0.25, -0.2) is 0 Å². The summed E-state index contributed by atoms with van der Waals surface area (Å²) >= 11 is 9.35. The first-order chi connectivity index (χ1) is 9.43. The number of halogens is 2. The van der Waals surface area contributed by atoms with Gasteiger partial charge >= 0.3 is 0 Å². The monoisotopic (exact) mass is 354 g/mol. The van der Waals surface area contributed by atoms with Gasteiger partial charge in [0.2, 0.25) is 0 Å². The molecule has 4 heteroatoms. The number of hydrogen-bond acceptors (Lipinski definition) is 2. The van der Waals surface area contributed by atoms with Crippen molar-refractivity contribution >= 4 is 27.5 Å². The van der Waals surface area contributed by atoms with Crippen LogP contribution in [0.1, 0.15) is 28.4 Å². The summed E-state index contributed by atoms with van der Waals surface area (Å²) < 4.78 is 6.12. The summed E-state index contributed by atoms with van der Waals surface area (Å²) in [6.45, 7) is 3.94. The van der Waals surface area contributed by atoms with Crippen molar-refractivity contribution in [3.63, 3.8) is 0 Å². The predicted octanol–water partition coefficient (Wildman–Crippen LogP) is 4.81. The molecular weight excluding hydrogens is 340 g/mol. The first-order valence-corrected chi connectivity index (χ1v) is 7.39. The Morgan fingerprint density at radius 2 is 1.70 bits per heavy atom. The maximum Gasteiger partial charge on any atom is 0.124 e. The summed E-state index contributed by atoms with van der Waals surface area (Å²) in [5.41, 5.74) is 3.66. The van der Waals surface area contributed by atoms with Gasteiger partial charge in [-0.3, -0.25) is 0 Å². The molecule has 0 aliphatic heterocycles. The summed E-state index contributed by atoms with van der Waals surface area (Å²) in [5.74, 6) is 0.859. The van der Waals surface area contributed by atoms with Crippen LogP contribution < -0.4 is 4.74 Å². The van der Waals surface area contributed by atoms with E-state index >= 15 is 0 Å². The average molecular weight is 356 g/mol. The maximum absolute atomic E-state index is 10.5. The van der Waals surface area contributed by atoms with Gasteiger partial charge in [0, 0.05) is 4.47 Å². The van der Waals surface area contributed by atoms with Crippen molar-refractivity contribution in [3.8, 4) is 5.75 Å². The van der Waals surface area contributed by atoms with Crippen LogP contribution in [0.4, 0.5) is 0 Å². The number of benzene rings is 2. The van der Waals surface area contributed by atoms with E-state index in [9.17, 15) is 5.11 Å². The van der Waals surface area contributed by atoms with Gasteiger partial charge in [0.25, 0.3) is 0 Å². The molecule has 2 rings (SSSR count). The number of aliphatic hydroxyl groups excluding tert-OH is 1. The van der Waals surface area contributed by atoms with Crippen LogP contribution >= 0.6 is 27.5 Å². The topological polar surface area (TPSA) is 29.5 Å². The molecule has 0 aliphatic carbocycles. The second-order valence-corrected chi connectivity index (χ2v) is 6.03. The lowest BCUT2D eigenvalue weighted by Gasteiger charge is -2.16. The third-order valence-corrected chi connectivity index (χ3v) is 4.48. The van der Waals surface area contributed by atoms with E-state index in [2.05, 4.69) is 15.9 Å². The minimum Gasteiger partial charge on any atom is -0.496 e. The van der Waals surface area contributed by atoms with E-state index in [4.69, 9.17) is 16.3 Å². The van der Waals surface area contributed by atoms with E-state index < -0.39 is 6.10 Å². The maximum atomic E-state index is 10.5. The van der Waals surface area contributed by atoms with Gasteiger partial charge < -0.3 is 9.84 Å². The second-order valence-electron chi connectivity index (χ2n) is 4.76. The Kier molecular flexibility index (Phi) is 4.74. The van der Waals surface area contributed by atoms with E-state index in [0.717, 1.165) is 32.5 Å². The number of rotatable bonds is 3. The fourth-order valence-corrected chi connectivity index (χ4v) is 2.85. The fourth-order valence-electron chi connectivity index (χ4n) is 2.34. The van der Waals surface area contributed by atoms with E-state index in [-0.39, 0.29) is 0 Å². The highest BCUT2D eigenvalue weighted by Crippen LogP contribution is 2.32. The van der Waals surface area contributed by atoms with Crippen LogP contribution in [0.5, 0.6) is 5.75 Å². The normalized spacial score (nSPS) is 12.3. The molecule has 1 N–H and O–H groups in total. The number of hydrogen-bond donors (Lipinski definition) is 1. The summed E-state index contributed by atoms with van der Waals surface area (Å²) in [5, 5.41) is 11.1. The quantitative estimate of drug-likeness (QED) is 0.856. The predicted molar refractivity (Wildman–Crippen MR) is 85.7 cm³/mol. The van der Waals surface area contributed by atoms with Gasteiger partial charge in [-0.05, 0) is 76.3 Å². The van der Waals surface area contributed by atoms with Gasteiger partial charge in [0.05, 0.1) is 12.1 Å². The molecule has 2 aromatic carbocycles. The van der Waals surface area contributed by atoms with Crippen LogP contribution in [-0.4, -0.2) is 12.2 Å². The Hall–Kier alpha value is -1.03. The Morgan fingerprint density at radius 3 is 2.20 bits per heavy atom. The van der Waals surface area contributed by atoms with Crippen LogP contribution in [-0.2, 0) is 0 Å². The molecule has 1 unspecified atom stereocenters. The van der Waals surface area contributed by atoms with E-state index in [1.165, 1.54) is 0 Å². The van der Waals surface area contributed by atoms with Crippen molar-refractivity contribution in [2.45, 2.75) is 20.0 Å². The highest BCUT2D eigenvalue weighted by atomic mass is 79.9. The highest BCUT2D eigenvalue weighted by molar-refractivity contribution is 9.10. The first kappa shape index (κ1) is 15.4. The summed E-state index contributed by atoms with van der Waals surface area (Å²) in [7, 11) is 1.65. The zero-order chi connectivity index (χ0) is 14.9. The molecule has 0 saturated carbocycles. The first-order valence-electron chi connectivity index (χ1n) is 6.22. The minimum absolute atomic E-state index is 0.628. The molecule has 0 spiro atoms. The van der Waals surface area contributed by atoms with Crippen LogP contribution in [0.2, 0.25) is 5.02 Å². The average Bonchev–Trinajstić information content (AvgIpc) is 2.40. The van der Waals surface area contributed by atoms with E-state index in [0.29, 0.717) is 5.02 Å². The third-order valence-electron chi connectivity index (χ3n) is 3.26. The molecule has 0 bridgehead atoms. The molecule has 0 heterocycles. The van der Waals surface area contributed by atoms with Crippen molar-refractivity contribution in [2.24, 2.45) is 0 Å². The minimum atomic E-state index is -0.688. The summed E-state index contributed by atoms with van der Waals surface area (Å²) in [4.78, 5) is 0. The van der Waals surface area contributed by atoms with Gasteiger partial charge in [0.15, 0.2) is 0 Å². The molecule has 20 heavy (non-hydrogen) atoms. The standard InChI is InChI=1S/C16H16BrClO2/c1-9-6-12(7-10(2)16(9)20-3)15(19)11-4-5-14(18)13(17)8-11/h4-8,15,19H,1-3H3. The molecule has 0 saturated heterocycles. The molecular formula is C16H16BrClO2. The van der Waals surface area contributed by atoms with Crippen LogP contribution in [0.25, 0.3) is 0 Å². The van der Waals surface area contributed by atoms with Gasteiger partial charge in [-0.15, -0.1) is 0 Å². The zero-order valence-corrected chi connectivity index (χ0v) is 13.9. The zero-order valence-electron chi connectivity index (χ0n) is 11.6. The number of methoxy groups -OCH3 is 1. The number of aryl methyl sites for hydroxylation is 2. The largest absolute Gasteiger partial charge is 0.496 e. The molecule has 2 nitrogen and oxygen atoms in total. The Balaban J connectivity index is 2.42. The Bertz CT molecular complexity index is 617. The lowest BCUT2D eigenvalue weighted by Crippen LogP contribution is -2.02. The van der Waals surface area contributed by atoms with Crippen molar-refractivity contribution < 1.29 is 9.84 Å². The molecule has 0 radical (unpaired) electrons. The lowest BCUT2D eigenvalue weighted by molar-refractivity contribution is 0.220. The van der Waals surface area contributed by atoms with Crippen molar-refractivity contribution in [2.75, 3.05) is 7.11 Å². The van der Waals surface area contributed by atoms with Gasteiger partial charge in [0.1, 0.15) is 11.9 Å². The molecule has 0 aromatic heterocycles. The summed E-state index contributed by atoms with van der Waals surface area (Å²) in [6, 6.07) is 9.32. The number of aliphatic hydroxyl groups is 1. The Labute approximate surface area is 132 Å².